The van der Waals surface area contributed by atoms with Gasteiger partial charge in [0.25, 0.3) is 0 Å². The van der Waals surface area contributed by atoms with Gasteiger partial charge in [0.1, 0.15) is 12.7 Å². The lowest BCUT2D eigenvalue weighted by Gasteiger charge is -2.21. The third-order valence-electron chi connectivity index (χ3n) is 11.6. The molecule has 3 unspecified atom stereocenters. The molecule has 0 aliphatic carbocycles. The normalized spacial score (nSPS) is 14.5. The quantitative estimate of drug-likeness (QED) is 0.0197. The summed E-state index contributed by atoms with van der Waals surface area (Å²) in [5.74, 6) is -1.67. The van der Waals surface area contributed by atoms with Crippen molar-refractivity contribution in [3.8, 4) is 0 Å². The number of carbonyl (C=O) groups is 3. The van der Waals surface area contributed by atoms with Gasteiger partial charge in [-0.1, -0.05) is 223 Å². The third-order valence-corrected chi connectivity index (χ3v) is 12.6. The van der Waals surface area contributed by atoms with E-state index in [1.165, 1.54) is 6.42 Å². The fourth-order valence-corrected chi connectivity index (χ4v) is 7.98. The van der Waals surface area contributed by atoms with Crippen LogP contribution < -0.4 is 0 Å². The van der Waals surface area contributed by atoms with Gasteiger partial charge in [-0.25, -0.2) is 4.57 Å². The monoisotopic (exact) mass is 1130 g/mol. The van der Waals surface area contributed by atoms with E-state index in [0.717, 1.165) is 122 Å². The number of rotatable bonds is 53. The fourth-order valence-electron chi connectivity index (χ4n) is 7.20. The maximum atomic E-state index is 12.9. The molecule has 0 aliphatic rings. The summed E-state index contributed by atoms with van der Waals surface area (Å²) in [6.45, 7) is 4.12. The molecule has 80 heavy (non-hydrogen) atoms. The van der Waals surface area contributed by atoms with E-state index in [-0.39, 0.29) is 19.3 Å². The van der Waals surface area contributed by atoms with Crippen molar-refractivity contribution in [3.05, 3.63) is 170 Å². The van der Waals surface area contributed by atoms with Crippen molar-refractivity contribution in [1.82, 2.24) is 0 Å². The standard InChI is InChI=1S/C68H105O11P/c1-4-7-10-13-16-19-22-25-28-31-32-35-38-41-44-47-50-53-56-59-68(72)79-65(61-75-66(70)57-54-51-48-45-42-39-36-33-29-26-23-20-17-14-11-8-5-2)63-77-80(73,74)76-62-64(60-69)78-67(71)58-55-52-49-46-43-40-37-34-30-27-24-21-18-15-12-9-6-3/h7-12,16-21,25-30,32,35-36,39,41,44-45,48,50,53,64-65,69H,4-6,13-15,22-24,31,33-34,37-38,40,42-43,46-47,49,51-52,54-63H2,1-3H3,(H,73,74)/b10-7-,11-8-,12-9-,19-16-,20-17-,21-18-,28-25-,29-26-,30-27-,35-32-,39-36-,44-41-,48-45-,53-50-. The maximum absolute atomic E-state index is 12.9. The van der Waals surface area contributed by atoms with Gasteiger partial charge in [-0.2, -0.15) is 0 Å². The number of hydrogen-bond donors (Lipinski definition) is 2. The molecule has 0 bridgehead atoms. The first-order valence-corrected chi connectivity index (χ1v) is 31.5. The van der Waals surface area contributed by atoms with Gasteiger partial charge in [-0.3, -0.25) is 23.4 Å². The molecule has 0 heterocycles. The number of aliphatic hydroxyl groups is 1. The number of phosphoric ester groups is 1. The van der Waals surface area contributed by atoms with Crippen LogP contribution in [0.5, 0.6) is 0 Å². The smallest absolute Gasteiger partial charge is 0.462 e. The molecule has 0 radical (unpaired) electrons. The van der Waals surface area contributed by atoms with Gasteiger partial charge in [0.05, 0.1) is 19.8 Å². The molecule has 0 rings (SSSR count). The fraction of sp³-hybridized carbons (Fsp3) is 0.544. The molecule has 3 atom stereocenters. The van der Waals surface area contributed by atoms with Gasteiger partial charge < -0.3 is 24.2 Å². The minimum absolute atomic E-state index is 0.0192. The van der Waals surface area contributed by atoms with Crippen LogP contribution in [0.4, 0.5) is 0 Å². The maximum Gasteiger partial charge on any atom is 0.472 e. The molecule has 0 aromatic rings. The summed E-state index contributed by atoms with van der Waals surface area (Å²) >= 11 is 0. The highest BCUT2D eigenvalue weighted by Crippen LogP contribution is 2.43. The number of aliphatic hydroxyl groups excluding tert-OH is 1. The van der Waals surface area contributed by atoms with Gasteiger partial charge in [0, 0.05) is 19.3 Å². The van der Waals surface area contributed by atoms with Crippen molar-refractivity contribution < 1.29 is 52.2 Å². The van der Waals surface area contributed by atoms with Crippen molar-refractivity contribution in [1.29, 1.82) is 0 Å². The van der Waals surface area contributed by atoms with E-state index in [1.807, 2.05) is 24.3 Å². The van der Waals surface area contributed by atoms with E-state index in [0.29, 0.717) is 32.1 Å². The van der Waals surface area contributed by atoms with Crippen LogP contribution in [0.25, 0.3) is 0 Å². The first-order chi connectivity index (χ1) is 39.2. The first-order valence-electron chi connectivity index (χ1n) is 30.0. The second-order valence-electron chi connectivity index (χ2n) is 19.0. The summed E-state index contributed by atoms with van der Waals surface area (Å²) < 4.78 is 39.4. The van der Waals surface area contributed by atoms with Crippen LogP contribution in [-0.4, -0.2) is 66.5 Å². The highest BCUT2D eigenvalue weighted by atomic mass is 31.2. The predicted octanol–water partition coefficient (Wildman–Crippen LogP) is 18.2. The minimum atomic E-state index is -4.80. The summed E-state index contributed by atoms with van der Waals surface area (Å²) in [5, 5.41) is 9.84. The van der Waals surface area contributed by atoms with Crippen molar-refractivity contribution in [2.75, 3.05) is 26.4 Å². The zero-order valence-electron chi connectivity index (χ0n) is 49.5. The van der Waals surface area contributed by atoms with Crippen LogP contribution in [0.3, 0.4) is 0 Å². The second-order valence-corrected chi connectivity index (χ2v) is 20.5. The summed E-state index contributed by atoms with van der Waals surface area (Å²) in [6.07, 6.45) is 80.4. The topological polar surface area (TPSA) is 155 Å². The van der Waals surface area contributed by atoms with Crippen molar-refractivity contribution in [2.24, 2.45) is 0 Å². The molecule has 0 amide bonds. The second kappa shape index (κ2) is 59.9. The summed E-state index contributed by atoms with van der Waals surface area (Å²) in [6, 6.07) is 0. The van der Waals surface area contributed by atoms with Gasteiger partial charge in [0.15, 0.2) is 6.10 Å². The Morgan fingerprint density at radius 2 is 0.650 bits per heavy atom. The van der Waals surface area contributed by atoms with E-state index in [1.54, 1.807) is 0 Å². The number of hydrogen-bond acceptors (Lipinski definition) is 10. The summed E-state index contributed by atoms with van der Waals surface area (Å²) in [7, 11) is -4.80. The van der Waals surface area contributed by atoms with Crippen molar-refractivity contribution >= 4 is 25.7 Å². The summed E-state index contributed by atoms with van der Waals surface area (Å²) in [5.41, 5.74) is 0. The van der Waals surface area contributed by atoms with E-state index < -0.39 is 64.4 Å². The van der Waals surface area contributed by atoms with Gasteiger partial charge >= 0.3 is 25.7 Å². The van der Waals surface area contributed by atoms with Crippen molar-refractivity contribution in [3.63, 3.8) is 0 Å². The predicted molar refractivity (Wildman–Crippen MR) is 334 cm³/mol. The van der Waals surface area contributed by atoms with Gasteiger partial charge in [-0.05, 0) is 128 Å². The molecule has 0 spiro atoms. The molecule has 0 aromatic carbocycles. The molecule has 12 heteroatoms. The van der Waals surface area contributed by atoms with E-state index in [2.05, 4.69) is 167 Å². The number of ether oxygens (including phenoxy) is 3. The first kappa shape index (κ1) is 74.8. The van der Waals surface area contributed by atoms with Crippen LogP contribution in [0, 0.1) is 0 Å². The Labute approximate surface area is 485 Å². The van der Waals surface area contributed by atoms with E-state index in [4.69, 9.17) is 23.3 Å². The highest BCUT2D eigenvalue weighted by Gasteiger charge is 2.28. The number of carbonyl (C=O) groups excluding carboxylic acids is 3. The minimum Gasteiger partial charge on any atom is -0.462 e. The van der Waals surface area contributed by atoms with Crippen LogP contribution in [0.1, 0.15) is 201 Å². The molecule has 0 saturated carbocycles. The van der Waals surface area contributed by atoms with E-state index >= 15 is 0 Å². The van der Waals surface area contributed by atoms with Gasteiger partial charge in [-0.15, -0.1) is 0 Å². The molecule has 0 saturated heterocycles. The number of unbranched alkanes of at least 4 members (excludes halogenated alkanes) is 8. The number of esters is 3. The van der Waals surface area contributed by atoms with Crippen LogP contribution in [-0.2, 0) is 42.2 Å². The number of phosphoric acid groups is 1. The zero-order valence-corrected chi connectivity index (χ0v) is 50.4. The molecule has 11 nitrogen and oxygen atoms in total. The molecule has 448 valence electrons. The Morgan fingerprint density at radius 3 is 1.05 bits per heavy atom. The van der Waals surface area contributed by atoms with Crippen LogP contribution >= 0.6 is 7.82 Å². The molecule has 0 fully saturated rings. The van der Waals surface area contributed by atoms with Crippen LogP contribution in [0.2, 0.25) is 0 Å². The van der Waals surface area contributed by atoms with E-state index in [9.17, 15) is 28.9 Å². The summed E-state index contributed by atoms with van der Waals surface area (Å²) in [4.78, 5) is 48.6. The average Bonchev–Trinajstić information content (AvgIpc) is 3.45. The lowest BCUT2D eigenvalue weighted by Crippen LogP contribution is -2.30. The Balaban J connectivity index is 4.93. The highest BCUT2D eigenvalue weighted by molar-refractivity contribution is 7.47. The Kier molecular flexibility index (Phi) is 56.1. The lowest BCUT2D eigenvalue weighted by atomic mass is 10.1. The molecular formula is C68H105O11P. The SMILES string of the molecule is CC/C=C\C/C=C\C/C=C\C/C=C\C/C=C\C/C=C\CCC(=O)OC(COC(=O)CCC/C=C\C/C=C\C/C=C\C/C=C\C/C=C\CC)COP(=O)(O)OCC(CO)OC(=O)CCCCCCCCC/C=C\C/C=C\C/C=C\CC. The Morgan fingerprint density at radius 1 is 0.350 bits per heavy atom. The van der Waals surface area contributed by atoms with Crippen molar-refractivity contribution in [2.45, 2.75) is 213 Å². The average molecular weight is 1130 g/mol. The Bertz CT molecular complexity index is 1990. The molecular weight excluding hydrogens is 1020 g/mol. The largest absolute Gasteiger partial charge is 0.472 e. The third kappa shape index (κ3) is 57.5. The van der Waals surface area contributed by atoms with Crippen LogP contribution in [0.15, 0.2) is 170 Å². The molecule has 0 aromatic heterocycles. The lowest BCUT2D eigenvalue weighted by molar-refractivity contribution is -0.161. The molecule has 2 N–H and O–H groups in total. The molecule has 0 aliphatic heterocycles. The zero-order chi connectivity index (χ0) is 58.3. The van der Waals surface area contributed by atoms with Gasteiger partial charge in [0.2, 0.25) is 0 Å². The Hall–Kier alpha value is -5.16. The number of allylic oxidation sites excluding steroid dienone is 28.